The summed E-state index contributed by atoms with van der Waals surface area (Å²) < 4.78 is 0. The highest BCUT2D eigenvalue weighted by molar-refractivity contribution is 6.31. The van der Waals surface area contributed by atoms with Crippen LogP contribution in [0.3, 0.4) is 0 Å². The quantitative estimate of drug-likeness (QED) is 0.529. The Bertz CT molecular complexity index is 281. The third-order valence-corrected chi connectivity index (χ3v) is 3.29. The summed E-state index contributed by atoms with van der Waals surface area (Å²) in [5.74, 6) is 0. The van der Waals surface area contributed by atoms with E-state index in [0.29, 0.717) is 0 Å². The van der Waals surface area contributed by atoms with E-state index in [1.54, 1.807) is 0 Å². The molecule has 0 aliphatic rings. The van der Waals surface area contributed by atoms with Crippen LogP contribution in [0.1, 0.15) is 57.4 Å². The van der Waals surface area contributed by atoms with Gasteiger partial charge in [0.2, 0.25) is 0 Å². The summed E-state index contributed by atoms with van der Waals surface area (Å²) >= 11 is 6.05. The van der Waals surface area contributed by atoms with Crippen LogP contribution in [0.25, 0.3) is 0 Å². The molecule has 0 atom stereocenters. The van der Waals surface area contributed by atoms with Gasteiger partial charge in [-0.2, -0.15) is 0 Å². The SMILES string of the molecule is CCCCCCCCCc1ccc[c]c1Cl. The zero-order valence-corrected chi connectivity index (χ0v) is 11.0. The smallest absolute Gasteiger partial charge is 0.0516 e. The van der Waals surface area contributed by atoms with Crippen molar-refractivity contribution >= 4 is 11.6 Å². The maximum Gasteiger partial charge on any atom is 0.0516 e. The maximum atomic E-state index is 6.05. The molecule has 1 aromatic carbocycles. The minimum Gasteiger partial charge on any atom is -0.0834 e. The Morgan fingerprint density at radius 3 is 2.44 bits per heavy atom. The van der Waals surface area contributed by atoms with Crippen molar-refractivity contribution in [2.45, 2.75) is 58.3 Å². The summed E-state index contributed by atoms with van der Waals surface area (Å²) in [5, 5.41) is 0.800. The summed E-state index contributed by atoms with van der Waals surface area (Å²) in [6, 6.07) is 9.03. The second kappa shape index (κ2) is 8.64. The van der Waals surface area contributed by atoms with Crippen molar-refractivity contribution < 1.29 is 0 Å². The largest absolute Gasteiger partial charge is 0.0834 e. The van der Waals surface area contributed by atoms with Crippen LogP contribution < -0.4 is 0 Å². The molecule has 16 heavy (non-hydrogen) atoms. The van der Waals surface area contributed by atoms with Gasteiger partial charge in [0.15, 0.2) is 0 Å². The van der Waals surface area contributed by atoms with Crippen molar-refractivity contribution in [2.75, 3.05) is 0 Å². The maximum absolute atomic E-state index is 6.05. The van der Waals surface area contributed by atoms with E-state index in [-0.39, 0.29) is 0 Å². The minimum absolute atomic E-state index is 0.800. The predicted octanol–water partition coefficient (Wildman–Crippen LogP) is 5.43. The van der Waals surface area contributed by atoms with Gasteiger partial charge in [0.25, 0.3) is 0 Å². The van der Waals surface area contributed by atoms with Crippen LogP contribution in [0.4, 0.5) is 0 Å². The third kappa shape index (κ3) is 5.55. The number of halogens is 1. The van der Waals surface area contributed by atoms with Crippen molar-refractivity contribution in [3.63, 3.8) is 0 Å². The highest BCUT2D eigenvalue weighted by Gasteiger charge is 1.98. The molecule has 0 saturated carbocycles. The fraction of sp³-hybridized carbons (Fsp3) is 0.600. The topological polar surface area (TPSA) is 0 Å². The second-order valence-corrected chi connectivity index (χ2v) is 4.76. The van der Waals surface area contributed by atoms with Crippen molar-refractivity contribution in [2.24, 2.45) is 0 Å². The molecule has 0 aliphatic heterocycles. The monoisotopic (exact) mass is 237 g/mol. The van der Waals surface area contributed by atoms with Gasteiger partial charge in [0, 0.05) is 6.07 Å². The summed E-state index contributed by atoms with van der Waals surface area (Å²) in [6.45, 7) is 2.26. The average molecular weight is 238 g/mol. The normalized spacial score (nSPS) is 10.6. The molecule has 0 heterocycles. The predicted molar refractivity (Wildman–Crippen MR) is 72.0 cm³/mol. The van der Waals surface area contributed by atoms with Gasteiger partial charge < -0.3 is 0 Å². The van der Waals surface area contributed by atoms with E-state index in [1.165, 1.54) is 50.5 Å². The molecule has 0 aliphatic carbocycles. The molecule has 0 amide bonds. The van der Waals surface area contributed by atoms with Gasteiger partial charge >= 0.3 is 0 Å². The minimum atomic E-state index is 0.800. The molecule has 1 heteroatoms. The Balaban J connectivity index is 2.05. The van der Waals surface area contributed by atoms with Crippen LogP contribution in [-0.2, 0) is 6.42 Å². The Morgan fingerprint density at radius 1 is 1.06 bits per heavy atom. The van der Waals surface area contributed by atoms with E-state index in [0.717, 1.165) is 11.4 Å². The Kier molecular flexibility index (Phi) is 7.33. The molecule has 0 bridgehead atoms. The second-order valence-electron chi connectivity index (χ2n) is 4.38. The van der Waals surface area contributed by atoms with Crippen molar-refractivity contribution in [1.29, 1.82) is 0 Å². The number of benzene rings is 1. The molecular formula is C15H22Cl. The van der Waals surface area contributed by atoms with Gasteiger partial charge in [-0.05, 0) is 18.4 Å². The lowest BCUT2D eigenvalue weighted by Crippen LogP contribution is -1.87. The number of rotatable bonds is 8. The molecule has 0 fully saturated rings. The highest BCUT2D eigenvalue weighted by Crippen LogP contribution is 2.17. The zero-order valence-electron chi connectivity index (χ0n) is 10.3. The van der Waals surface area contributed by atoms with Crippen LogP contribution in [-0.4, -0.2) is 0 Å². The Labute approximate surface area is 105 Å². The first-order chi connectivity index (χ1) is 7.84. The molecular weight excluding hydrogens is 216 g/mol. The average Bonchev–Trinajstić information content (AvgIpc) is 2.30. The summed E-state index contributed by atoms with van der Waals surface area (Å²) in [5.41, 5.74) is 1.25. The van der Waals surface area contributed by atoms with Crippen LogP contribution in [0.15, 0.2) is 18.2 Å². The standard InChI is InChI=1S/C15H22Cl/c1-2-3-4-5-6-7-8-11-14-12-9-10-13-15(14)16/h9-10,12H,2-8,11H2,1H3. The molecule has 0 N–H and O–H groups in total. The van der Waals surface area contributed by atoms with Crippen LogP contribution in [0.5, 0.6) is 0 Å². The molecule has 0 unspecified atom stereocenters. The van der Waals surface area contributed by atoms with Gasteiger partial charge in [-0.1, -0.05) is 75.2 Å². The van der Waals surface area contributed by atoms with E-state index in [9.17, 15) is 0 Å². The van der Waals surface area contributed by atoms with Gasteiger partial charge in [0.05, 0.1) is 5.02 Å². The first-order valence-corrected chi connectivity index (χ1v) is 6.87. The van der Waals surface area contributed by atoms with Gasteiger partial charge in [-0.15, -0.1) is 0 Å². The summed E-state index contributed by atoms with van der Waals surface area (Å²) in [7, 11) is 0. The number of hydrogen-bond donors (Lipinski definition) is 0. The zero-order chi connectivity index (χ0) is 11.6. The van der Waals surface area contributed by atoms with Crippen LogP contribution in [0.2, 0.25) is 5.02 Å². The fourth-order valence-corrected chi connectivity index (χ4v) is 2.14. The summed E-state index contributed by atoms with van der Waals surface area (Å²) in [4.78, 5) is 0. The van der Waals surface area contributed by atoms with Crippen molar-refractivity contribution in [1.82, 2.24) is 0 Å². The lowest BCUT2D eigenvalue weighted by atomic mass is 10.0. The molecule has 0 aromatic heterocycles. The molecule has 89 valence electrons. The first kappa shape index (κ1) is 13.6. The van der Waals surface area contributed by atoms with Gasteiger partial charge in [0.1, 0.15) is 0 Å². The molecule has 1 rings (SSSR count). The van der Waals surface area contributed by atoms with E-state index >= 15 is 0 Å². The Morgan fingerprint density at radius 2 is 1.75 bits per heavy atom. The van der Waals surface area contributed by atoms with Crippen LogP contribution >= 0.6 is 11.6 Å². The van der Waals surface area contributed by atoms with E-state index in [2.05, 4.69) is 19.1 Å². The number of hydrogen-bond acceptors (Lipinski definition) is 0. The Hall–Kier alpha value is -0.490. The fourth-order valence-electron chi connectivity index (χ4n) is 1.92. The third-order valence-electron chi connectivity index (χ3n) is 2.94. The first-order valence-electron chi connectivity index (χ1n) is 6.49. The number of unbranched alkanes of at least 4 members (excludes halogenated alkanes) is 6. The molecule has 1 radical (unpaired) electrons. The molecule has 0 saturated heterocycles. The van der Waals surface area contributed by atoms with Crippen molar-refractivity contribution in [3.05, 3.63) is 34.9 Å². The lowest BCUT2D eigenvalue weighted by Gasteiger charge is -2.03. The highest BCUT2D eigenvalue weighted by atomic mass is 35.5. The molecule has 1 aromatic rings. The van der Waals surface area contributed by atoms with Crippen LogP contribution in [0, 0.1) is 6.07 Å². The van der Waals surface area contributed by atoms with E-state index in [1.807, 2.05) is 12.1 Å². The number of aryl methyl sites for hydroxylation is 1. The van der Waals surface area contributed by atoms with E-state index < -0.39 is 0 Å². The van der Waals surface area contributed by atoms with Gasteiger partial charge in [-0.25, -0.2) is 0 Å². The molecule has 0 nitrogen and oxygen atoms in total. The van der Waals surface area contributed by atoms with Gasteiger partial charge in [-0.3, -0.25) is 0 Å². The lowest BCUT2D eigenvalue weighted by molar-refractivity contribution is 0.589. The molecule has 0 spiro atoms. The summed E-state index contributed by atoms with van der Waals surface area (Å²) in [6.07, 6.45) is 10.6. The van der Waals surface area contributed by atoms with Crippen molar-refractivity contribution in [3.8, 4) is 0 Å². The van der Waals surface area contributed by atoms with E-state index in [4.69, 9.17) is 11.6 Å².